The van der Waals surface area contributed by atoms with E-state index in [2.05, 4.69) is 10.1 Å². The molecule has 0 saturated heterocycles. The number of rotatable bonds is 5. The molecule has 2 heterocycles. The maximum atomic E-state index is 11.7. The SMILES string of the molecule is CCOc1c(OC)cc(-c2nc3n(n2)C(=O)CS3)cc1OC. The fourth-order valence-electron chi connectivity index (χ4n) is 2.16. The number of thioether (sulfide) groups is 1. The van der Waals surface area contributed by atoms with Gasteiger partial charge in [-0.25, -0.2) is 4.98 Å². The summed E-state index contributed by atoms with van der Waals surface area (Å²) < 4.78 is 17.6. The first kappa shape index (κ1) is 14.7. The lowest BCUT2D eigenvalue weighted by atomic mass is 10.1. The van der Waals surface area contributed by atoms with Crippen molar-refractivity contribution in [3.63, 3.8) is 0 Å². The van der Waals surface area contributed by atoms with Crippen molar-refractivity contribution in [2.75, 3.05) is 26.6 Å². The highest BCUT2D eigenvalue weighted by molar-refractivity contribution is 8.00. The van der Waals surface area contributed by atoms with Crippen molar-refractivity contribution < 1.29 is 19.0 Å². The average Bonchev–Trinajstić information content (AvgIpc) is 3.10. The second-order valence-electron chi connectivity index (χ2n) is 4.46. The van der Waals surface area contributed by atoms with Crippen LogP contribution in [0.25, 0.3) is 11.4 Å². The zero-order valence-electron chi connectivity index (χ0n) is 12.5. The van der Waals surface area contributed by atoms with Crippen molar-refractivity contribution in [3.05, 3.63) is 12.1 Å². The number of benzene rings is 1. The Labute approximate surface area is 131 Å². The molecule has 7 nitrogen and oxygen atoms in total. The predicted molar refractivity (Wildman–Crippen MR) is 81.1 cm³/mol. The molecule has 1 aliphatic heterocycles. The van der Waals surface area contributed by atoms with Gasteiger partial charge in [0.05, 0.1) is 26.6 Å². The molecule has 8 heteroatoms. The summed E-state index contributed by atoms with van der Waals surface area (Å²) in [5, 5.41) is 4.86. The van der Waals surface area contributed by atoms with Crippen LogP contribution in [0.1, 0.15) is 11.7 Å². The molecule has 0 bridgehead atoms. The van der Waals surface area contributed by atoms with Crippen LogP contribution in [0, 0.1) is 0 Å². The van der Waals surface area contributed by atoms with Crippen LogP contribution in [0.2, 0.25) is 0 Å². The van der Waals surface area contributed by atoms with E-state index in [1.54, 1.807) is 26.4 Å². The molecule has 0 N–H and O–H groups in total. The molecule has 1 aromatic carbocycles. The number of carbonyl (C=O) groups excluding carboxylic acids is 1. The summed E-state index contributed by atoms with van der Waals surface area (Å²) in [6.45, 7) is 2.38. The zero-order chi connectivity index (χ0) is 15.7. The van der Waals surface area contributed by atoms with Crippen LogP contribution in [0.3, 0.4) is 0 Å². The monoisotopic (exact) mass is 321 g/mol. The largest absolute Gasteiger partial charge is 0.493 e. The van der Waals surface area contributed by atoms with Gasteiger partial charge in [-0.15, -0.1) is 5.10 Å². The van der Waals surface area contributed by atoms with E-state index >= 15 is 0 Å². The molecule has 0 atom stereocenters. The summed E-state index contributed by atoms with van der Waals surface area (Å²) in [5.74, 6) is 2.37. The molecule has 1 aromatic heterocycles. The van der Waals surface area contributed by atoms with E-state index in [1.165, 1.54) is 16.4 Å². The molecule has 0 spiro atoms. The van der Waals surface area contributed by atoms with Crippen LogP contribution in [0.4, 0.5) is 0 Å². The summed E-state index contributed by atoms with van der Waals surface area (Å²) in [7, 11) is 3.11. The van der Waals surface area contributed by atoms with E-state index in [0.29, 0.717) is 46.2 Å². The smallest absolute Gasteiger partial charge is 0.259 e. The fourth-order valence-corrected chi connectivity index (χ4v) is 2.95. The molecular formula is C14H15N3O4S. The molecule has 2 aromatic rings. The van der Waals surface area contributed by atoms with Crippen LogP contribution in [0.15, 0.2) is 17.3 Å². The van der Waals surface area contributed by atoms with Crippen molar-refractivity contribution in [1.29, 1.82) is 0 Å². The highest BCUT2D eigenvalue weighted by atomic mass is 32.2. The molecule has 0 amide bonds. The lowest BCUT2D eigenvalue weighted by Crippen LogP contribution is -2.08. The average molecular weight is 321 g/mol. The van der Waals surface area contributed by atoms with Crippen molar-refractivity contribution in [2.45, 2.75) is 12.1 Å². The third-order valence-electron chi connectivity index (χ3n) is 3.15. The van der Waals surface area contributed by atoms with Crippen LogP contribution >= 0.6 is 11.8 Å². The van der Waals surface area contributed by atoms with Gasteiger partial charge in [-0.2, -0.15) is 4.68 Å². The first-order valence-electron chi connectivity index (χ1n) is 6.70. The normalized spacial score (nSPS) is 13.1. The molecule has 22 heavy (non-hydrogen) atoms. The molecule has 0 fully saturated rings. The number of hydrogen-bond acceptors (Lipinski definition) is 7. The van der Waals surface area contributed by atoms with E-state index in [-0.39, 0.29) is 5.91 Å². The number of nitrogens with zero attached hydrogens (tertiary/aromatic N) is 3. The molecular weight excluding hydrogens is 306 g/mol. The third kappa shape index (κ3) is 2.39. The summed E-state index contributed by atoms with van der Waals surface area (Å²) >= 11 is 1.38. The van der Waals surface area contributed by atoms with Crippen LogP contribution in [-0.4, -0.2) is 47.3 Å². The van der Waals surface area contributed by atoms with Crippen molar-refractivity contribution in [2.24, 2.45) is 0 Å². The van der Waals surface area contributed by atoms with E-state index in [1.807, 2.05) is 6.92 Å². The van der Waals surface area contributed by atoms with Gasteiger partial charge < -0.3 is 14.2 Å². The van der Waals surface area contributed by atoms with Gasteiger partial charge in [0.1, 0.15) is 0 Å². The van der Waals surface area contributed by atoms with Crippen molar-refractivity contribution >= 4 is 17.7 Å². The highest BCUT2D eigenvalue weighted by Crippen LogP contribution is 2.41. The molecule has 0 radical (unpaired) electrons. The Morgan fingerprint density at radius 2 is 1.95 bits per heavy atom. The molecule has 0 aliphatic carbocycles. The number of methoxy groups -OCH3 is 2. The number of carbonyl (C=O) groups is 1. The number of fused-ring (bicyclic) bond motifs is 1. The Morgan fingerprint density at radius 1 is 1.27 bits per heavy atom. The minimum atomic E-state index is -0.0661. The predicted octanol–water partition coefficient (Wildman–Crippen LogP) is 2.11. The maximum absolute atomic E-state index is 11.7. The number of aromatic nitrogens is 3. The lowest BCUT2D eigenvalue weighted by Gasteiger charge is -2.14. The second-order valence-corrected chi connectivity index (χ2v) is 5.40. The zero-order valence-corrected chi connectivity index (χ0v) is 13.3. The second kappa shape index (κ2) is 5.88. The van der Waals surface area contributed by atoms with Gasteiger partial charge in [-0.05, 0) is 19.1 Å². The standard InChI is InChI=1S/C14H15N3O4S/c1-4-21-12-9(19-2)5-8(6-10(12)20-3)13-15-14-17(16-13)11(18)7-22-14/h5-6H,4,7H2,1-3H3. The Hall–Kier alpha value is -2.22. The van der Waals surface area contributed by atoms with Crippen LogP contribution < -0.4 is 14.2 Å². The van der Waals surface area contributed by atoms with Gasteiger partial charge >= 0.3 is 0 Å². The van der Waals surface area contributed by atoms with Crippen LogP contribution in [0.5, 0.6) is 17.2 Å². The molecule has 1 aliphatic rings. The molecule has 0 saturated carbocycles. The van der Waals surface area contributed by atoms with E-state index in [9.17, 15) is 4.79 Å². The summed E-state index contributed by atoms with van der Waals surface area (Å²) in [6.07, 6.45) is 0. The number of ether oxygens (including phenoxy) is 3. The minimum Gasteiger partial charge on any atom is -0.493 e. The van der Waals surface area contributed by atoms with Gasteiger partial charge in [0.15, 0.2) is 22.5 Å². The highest BCUT2D eigenvalue weighted by Gasteiger charge is 2.25. The summed E-state index contributed by atoms with van der Waals surface area (Å²) in [5.41, 5.74) is 0.701. The Morgan fingerprint density at radius 3 is 2.50 bits per heavy atom. The lowest BCUT2D eigenvalue weighted by molar-refractivity contribution is 0.0923. The van der Waals surface area contributed by atoms with Gasteiger partial charge in [0.2, 0.25) is 5.75 Å². The van der Waals surface area contributed by atoms with Gasteiger partial charge in [0, 0.05) is 5.56 Å². The Kier molecular flexibility index (Phi) is 3.93. The van der Waals surface area contributed by atoms with Crippen molar-refractivity contribution in [1.82, 2.24) is 14.8 Å². The van der Waals surface area contributed by atoms with Gasteiger partial charge in [-0.1, -0.05) is 11.8 Å². The van der Waals surface area contributed by atoms with E-state index < -0.39 is 0 Å². The van der Waals surface area contributed by atoms with E-state index in [4.69, 9.17) is 14.2 Å². The van der Waals surface area contributed by atoms with Gasteiger partial charge in [0.25, 0.3) is 5.91 Å². The first-order chi connectivity index (χ1) is 10.7. The summed E-state index contributed by atoms with van der Waals surface area (Å²) in [4.78, 5) is 16.0. The quantitative estimate of drug-likeness (QED) is 0.834. The third-order valence-corrected chi connectivity index (χ3v) is 4.06. The molecule has 116 valence electrons. The Balaban J connectivity index is 2.07. The van der Waals surface area contributed by atoms with Crippen LogP contribution in [-0.2, 0) is 0 Å². The fraction of sp³-hybridized carbons (Fsp3) is 0.357. The summed E-state index contributed by atoms with van der Waals surface area (Å²) in [6, 6.07) is 3.54. The van der Waals surface area contributed by atoms with Crippen molar-refractivity contribution in [3.8, 4) is 28.6 Å². The van der Waals surface area contributed by atoms with Gasteiger partial charge in [-0.3, -0.25) is 4.79 Å². The topological polar surface area (TPSA) is 75.5 Å². The maximum Gasteiger partial charge on any atom is 0.259 e. The molecule has 3 rings (SSSR count). The Bertz CT molecular complexity index is 704. The first-order valence-corrected chi connectivity index (χ1v) is 7.68. The number of hydrogen-bond donors (Lipinski definition) is 0. The molecule has 0 unspecified atom stereocenters. The van der Waals surface area contributed by atoms with E-state index in [0.717, 1.165) is 0 Å². The minimum absolute atomic E-state index is 0.0661.